The predicted octanol–water partition coefficient (Wildman–Crippen LogP) is 3.25. The Labute approximate surface area is 180 Å². The summed E-state index contributed by atoms with van der Waals surface area (Å²) in [6, 6.07) is 24.3. The summed E-state index contributed by atoms with van der Waals surface area (Å²) in [7, 11) is 0. The maximum atomic E-state index is 13.6. The molecule has 2 heterocycles. The molecule has 1 atom stereocenters. The van der Waals surface area contributed by atoms with E-state index in [1.54, 1.807) is 0 Å². The van der Waals surface area contributed by atoms with E-state index < -0.39 is 6.04 Å². The van der Waals surface area contributed by atoms with E-state index in [-0.39, 0.29) is 37.6 Å². The number of hydrogen-bond acceptors (Lipinski definition) is 5. The number of hydrogen-bond donors (Lipinski definition) is 1. The number of likely N-dealkylation sites (tertiary alicyclic amines) is 1. The van der Waals surface area contributed by atoms with Crippen LogP contribution in [0.1, 0.15) is 28.8 Å². The number of ketones is 1. The van der Waals surface area contributed by atoms with Crippen LogP contribution in [-0.2, 0) is 9.59 Å². The number of amides is 1. The molecule has 0 radical (unpaired) electrons. The Morgan fingerprint density at radius 1 is 0.806 bits per heavy atom. The lowest BCUT2D eigenvalue weighted by atomic mass is 9.96. The van der Waals surface area contributed by atoms with Gasteiger partial charge in [-0.1, -0.05) is 66.7 Å². The second-order valence-electron chi connectivity index (χ2n) is 7.72. The Balaban J connectivity index is 1.47. The normalized spacial score (nSPS) is 16.1. The fourth-order valence-electron chi connectivity index (χ4n) is 4.07. The molecule has 31 heavy (non-hydrogen) atoms. The minimum atomic E-state index is -0.595. The molecule has 1 N–H and O–H groups in total. The number of rotatable bonds is 6. The first kappa shape index (κ1) is 19.3. The summed E-state index contributed by atoms with van der Waals surface area (Å²) in [4.78, 5) is 27.2. The smallest absolute Gasteiger partial charge is 0.242 e. The van der Waals surface area contributed by atoms with Gasteiger partial charge in [-0.3, -0.25) is 14.5 Å². The van der Waals surface area contributed by atoms with Gasteiger partial charge in [0, 0.05) is 0 Å². The molecule has 0 spiro atoms. The van der Waals surface area contributed by atoms with Crippen LogP contribution in [0.3, 0.4) is 0 Å². The fourth-order valence-corrected chi connectivity index (χ4v) is 4.07. The highest BCUT2D eigenvalue weighted by Crippen LogP contribution is 2.36. The quantitative estimate of drug-likeness (QED) is 0.671. The predicted molar refractivity (Wildman–Crippen MR) is 115 cm³/mol. The number of fused-ring (bicyclic) bond motifs is 1. The lowest BCUT2D eigenvalue weighted by molar-refractivity contribution is -0.137. The van der Waals surface area contributed by atoms with Crippen LogP contribution >= 0.6 is 0 Å². The van der Waals surface area contributed by atoms with Crippen LogP contribution in [0.15, 0.2) is 78.9 Å². The number of benzene rings is 3. The first-order chi connectivity index (χ1) is 15.2. The Hall–Kier alpha value is -3.64. The van der Waals surface area contributed by atoms with E-state index in [4.69, 9.17) is 9.47 Å². The molecule has 2 aliphatic rings. The molecule has 6 heteroatoms. The van der Waals surface area contributed by atoms with E-state index in [1.807, 2.05) is 83.8 Å². The maximum Gasteiger partial charge on any atom is 0.242 e. The molecule has 5 rings (SSSR count). The Bertz CT molecular complexity index is 1050. The highest BCUT2D eigenvalue weighted by Gasteiger charge is 2.37. The van der Waals surface area contributed by atoms with E-state index in [2.05, 4.69) is 5.32 Å². The largest absolute Gasteiger partial charge is 0.454 e. The molecule has 0 bridgehead atoms. The summed E-state index contributed by atoms with van der Waals surface area (Å²) < 4.78 is 10.9. The minimum Gasteiger partial charge on any atom is -0.454 e. The van der Waals surface area contributed by atoms with Crippen molar-refractivity contribution in [3.05, 3.63) is 95.6 Å². The van der Waals surface area contributed by atoms with E-state index in [9.17, 15) is 9.59 Å². The summed E-state index contributed by atoms with van der Waals surface area (Å²) >= 11 is 0. The van der Waals surface area contributed by atoms with Crippen molar-refractivity contribution < 1.29 is 19.1 Å². The molecule has 6 nitrogen and oxygen atoms in total. The van der Waals surface area contributed by atoms with E-state index in [0.29, 0.717) is 11.5 Å². The number of carbonyl (C=O) groups is 2. The lowest BCUT2D eigenvalue weighted by Crippen LogP contribution is -2.53. The Morgan fingerprint density at radius 3 is 2.03 bits per heavy atom. The molecule has 1 amide bonds. The van der Waals surface area contributed by atoms with Gasteiger partial charge in [0.05, 0.1) is 19.1 Å². The summed E-state index contributed by atoms with van der Waals surface area (Å²) in [6.07, 6.45) is 0. The number of Topliss-reactive ketones (excluding diaryl/α,β-unsaturated/α-hetero) is 1. The number of carbonyl (C=O) groups excluding carboxylic acids is 2. The molecule has 156 valence electrons. The zero-order valence-electron chi connectivity index (χ0n) is 16.9. The minimum absolute atomic E-state index is 0.126. The Kier molecular flexibility index (Phi) is 5.14. The van der Waals surface area contributed by atoms with Crippen LogP contribution in [0.5, 0.6) is 11.5 Å². The molecular weight excluding hydrogens is 392 g/mol. The van der Waals surface area contributed by atoms with Crippen LogP contribution < -0.4 is 14.8 Å². The average molecular weight is 414 g/mol. The van der Waals surface area contributed by atoms with Crippen molar-refractivity contribution in [3.63, 3.8) is 0 Å². The topological polar surface area (TPSA) is 67.9 Å². The van der Waals surface area contributed by atoms with E-state index in [0.717, 1.165) is 16.7 Å². The molecule has 0 unspecified atom stereocenters. The first-order valence-corrected chi connectivity index (χ1v) is 10.2. The standard InChI is InChI=1S/C25H22N2O4/c28-20-14-27(15-20)24(19-11-12-21-22(13-19)31-16-30-21)25(29)26-23(17-7-3-1-4-8-17)18-9-5-2-6-10-18/h1-13,23-24H,14-16H2,(H,26,29)/t24-/m1/s1. The Morgan fingerprint density at radius 2 is 1.42 bits per heavy atom. The third kappa shape index (κ3) is 3.90. The molecule has 0 aliphatic carbocycles. The fraction of sp³-hybridized carbons (Fsp3) is 0.200. The zero-order valence-corrected chi connectivity index (χ0v) is 16.9. The maximum absolute atomic E-state index is 13.6. The second kappa shape index (κ2) is 8.24. The number of nitrogens with zero attached hydrogens (tertiary/aromatic N) is 1. The van der Waals surface area contributed by atoms with Crippen molar-refractivity contribution in [1.29, 1.82) is 0 Å². The summed E-state index contributed by atoms with van der Waals surface area (Å²) in [6.45, 7) is 0.684. The van der Waals surface area contributed by atoms with Gasteiger partial charge in [0.1, 0.15) is 6.04 Å². The first-order valence-electron chi connectivity index (χ1n) is 10.2. The van der Waals surface area contributed by atoms with Crippen molar-refractivity contribution in [1.82, 2.24) is 10.2 Å². The molecule has 1 fully saturated rings. The van der Waals surface area contributed by atoms with Crippen LogP contribution in [-0.4, -0.2) is 36.5 Å². The van der Waals surface area contributed by atoms with Gasteiger partial charge in [0.2, 0.25) is 12.7 Å². The van der Waals surface area contributed by atoms with Crippen LogP contribution in [0.25, 0.3) is 0 Å². The van der Waals surface area contributed by atoms with Crippen LogP contribution in [0, 0.1) is 0 Å². The molecule has 3 aromatic carbocycles. The van der Waals surface area contributed by atoms with Crippen molar-refractivity contribution in [2.45, 2.75) is 12.1 Å². The van der Waals surface area contributed by atoms with Crippen molar-refractivity contribution in [2.75, 3.05) is 19.9 Å². The highest BCUT2D eigenvalue weighted by atomic mass is 16.7. The van der Waals surface area contributed by atoms with E-state index >= 15 is 0 Å². The number of ether oxygens (including phenoxy) is 2. The van der Waals surface area contributed by atoms with Gasteiger partial charge in [-0.2, -0.15) is 0 Å². The monoisotopic (exact) mass is 414 g/mol. The molecular formula is C25H22N2O4. The van der Waals surface area contributed by atoms with Crippen LogP contribution in [0.4, 0.5) is 0 Å². The molecule has 2 aliphatic heterocycles. The molecule has 0 aromatic heterocycles. The summed E-state index contributed by atoms with van der Waals surface area (Å²) in [5.74, 6) is 1.24. The molecule has 1 saturated heterocycles. The van der Waals surface area contributed by atoms with Crippen molar-refractivity contribution >= 4 is 11.7 Å². The van der Waals surface area contributed by atoms with Gasteiger partial charge in [0.25, 0.3) is 0 Å². The van der Waals surface area contributed by atoms with Gasteiger partial charge in [0.15, 0.2) is 17.3 Å². The van der Waals surface area contributed by atoms with Gasteiger partial charge in [-0.05, 0) is 28.8 Å². The van der Waals surface area contributed by atoms with Gasteiger partial charge in [-0.15, -0.1) is 0 Å². The third-order valence-electron chi connectivity index (χ3n) is 5.64. The van der Waals surface area contributed by atoms with E-state index in [1.165, 1.54) is 0 Å². The zero-order chi connectivity index (χ0) is 21.2. The summed E-state index contributed by atoms with van der Waals surface area (Å²) in [5.41, 5.74) is 2.76. The molecule has 3 aromatic rings. The third-order valence-corrected chi connectivity index (χ3v) is 5.64. The summed E-state index contributed by atoms with van der Waals surface area (Å²) in [5, 5.41) is 3.22. The number of nitrogens with one attached hydrogen (secondary N) is 1. The van der Waals surface area contributed by atoms with Crippen molar-refractivity contribution in [3.8, 4) is 11.5 Å². The van der Waals surface area contributed by atoms with Gasteiger partial charge >= 0.3 is 0 Å². The van der Waals surface area contributed by atoms with Gasteiger partial charge in [-0.25, -0.2) is 0 Å². The second-order valence-corrected chi connectivity index (χ2v) is 7.72. The molecule has 0 saturated carbocycles. The average Bonchev–Trinajstić information content (AvgIpc) is 3.26. The SMILES string of the molecule is O=C1CN([C@@H](C(=O)NC(c2ccccc2)c2ccccc2)c2ccc3c(c2)OCO3)C1. The van der Waals surface area contributed by atoms with Gasteiger partial charge < -0.3 is 14.8 Å². The van der Waals surface area contributed by atoms with Crippen molar-refractivity contribution in [2.24, 2.45) is 0 Å². The highest BCUT2D eigenvalue weighted by molar-refractivity contribution is 5.92. The lowest BCUT2D eigenvalue weighted by Gasteiger charge is -2.37. The van der Waals surface area contributed by atoms with Crippen LogP contribution in [0.2, 0.25) is 0 Å².